The van der Waals surface area contributed by atoms with Crippen molar-refractivity contribution in [3.8, 4) is 0 Å². The zero-order valence-corrected chi connectivity index (χ0v) is 34.0. The zero-order chi connectivity index (χ0) is 37.5. The summed E-state index contributed by atoms with van der Waals surface area (Å²) in [7, 11) is 5.53. The van der Waals surface area contributed by atoms with Crippen LogP contribution in [0.1, 0.15) is 187 Å². The van der Waals surface area contributed by atoms with Crippen LogP contribution in [0.5, 0.6) is 0 Å². The topological polar surface area (TPSA) is 87.2 Å². The summed E-state index contributed by atoms with van der Waals surface area (Å²) in [5, 5.41) is 0. The number of aldehydes is 1. The van der Waals surface area contributed by atoms with Gasteiger partial charge in [0, 0.05) is 40.5 Å². The second-order valence-corrected chi connectivity index (χ2v) is 15.3. The third-order valence-electron chi connectivity index (χ3n) is 10.4. The molecule has 0 bridgehead atoms. The molecule has 0 spiro atoms. The molecule has 0 aliphatic carbocycles. The molecule has 0 aromatic heterocycles. The second-order valence-electron chi connectivity index (χ2n) is 15.3. The van der Waals surface area contributed by atoms with Crippen LogP contribution in [-0.2, 0) is 14.3 Å². The molecule has 8 heteroatoms. The fourth-order valence-electron chi connectivity index (χ4n) is 7.16. The van der Waals surface area contributed by atoms with E-state index in [2.05, 4.69) is 18.7 Å². The summed E-state index contributed by atoms with van der Waals surface area (Å²) >= 11 is 0. The number of carbonyl (C=O) groups excluding carboxylic acids is 2. The fraction of sp³-hybridized carbons (Fsp3) is 0.860. The molecule has 0 unspecified atom stereocenters. The maximum Gasteiger partial charge on any atom is 0.306 e. The smallest absolute Gasteiger partial charge is 0.306 e. The lowest BCUT2D eigenvalue weighted by Gasteiger charge is -2.28. The van der Waals surface area contributed by atoms with E-state index in [0.717, 1.165) is 103 Å². The first kappa shape index (κ1) is 46.8. The molecule has 0 N–H and O–H groups in total. The quantitative estimate of drug-likeness (QED) is 0.0291. The van der Waals surface area contributed by atoms with Gasteiger partial charge in [0.1, 0.15) is 23.8 Å². The van der Waals surface area contributed by atoms with Crippen molar-refractivity contribution in [1.82, 2.24) is 4.90 Å². The Morgan fingerprint density at radius 1 is 0.569 bits per heavy atom. The van der Waals surface area contributed by atoms with Crippen LogP contribution in [0.2, 0.25) is 0 Å². The highest BCUT2D eigenvalue weighted by atomic mass is 16.5. The van der Waals surface area contributed by atoms with E-state index in [1.165, 1.54) is 89.9 Å². The molecular weight excluding hydrogens is 638 g/mol. The average Bonchev–Trinajstić information content (AvgIpc) is 3.11. The molecule has 0 saturated carbocycles. The van der Waals surface area contributed by atoms with Crippen LogP contribution in [0.25, 0.3) is 0 Å². The molecule has 0 aliphatic heterocycles. The van der Waals surface area contributed by atoms with Gasteiger partial charge < -0.3 is 24.2 Å². The molecule has 51 heavy (non-hydrogen) atoms. The SMILES string of the molecule is CCCCCCCCC(CCCCCCCC)OC(=O)CCCCCCCN(CCCCCCCC=O)CCCN(C)c1c(N(C)C)c(=O)c1=O. The van der Waals surface area contributed by atoms with Gasteiger partial charge in [-0.25, -0.2) is 0 Å². The molecule has 1 aromatic carbocycles. The molecule has 0 heterocycles. The van der Waals surface area contributed by atoms with Gasteiger partial charge in [0.2, 0.25) is 0 Å². The first-order valence-corrected chi connectivity index (χ1v) is 21.3. The number of hydrogen-bond donors (Lipinski definition) is 0. The summed E-state index contributed by atoms with van der Waals surface area (Å²) < 4.78 is 6.04. The number of rotatable bonds is 37. The number of unbranched alkanes of at least 4 members (excludes halogenated alkanes) is 19. The lowest BCUT2D eigenvalue weighted by Crippen LogP contribution is -2.44. The van der Waals surface area contributed by atoms with Crippen molar-refractivity contribution in [2.75, 3.05) is 57.1 Å². The predicted molar refractivity (Wildman–Crippen MR) is 217 cm³/mol. The minimum atomic E-state index is -0.385. The molecule has 8 nitrogen and oxygen atoms in total. The number of carbonyl (C=O) groups is 2. The van der Waals surface area contributed by atoms with Gasteiger partial charge in [0.15, 0.2) is 0 Å². The van der Waals surface area contributed by atoms with E-state index in [1.54, 1.807) is 4.90 Å². The molecule has 0 aliphatic rings. The van der Waals surface area contributed by atoms with Crippen molar-refractivity contribution < 1.29 is 14.3 Å². The summed E-state index contributed by atoms with van der Waals surface area (Å²) in [6.07, 6.45) is 31.6. The van der Waals surface area contributed by atoms with Crippen LogP contribution in [0.3, 0.4) is 0 Å². The second kappa shape index (κ2) is 31.3. The van der Waals surface area contributed by atoms with Crippen LogP contribution in [0.15, 0.2) is 9.59 Å². The van der Waals surface area contributed by atoms with Crippen molar-refractivity contribution in [3.05, 3.63) is 20.4 Å². The van der Waals surface area contributed by atoms with E-state index < -0.39 is 0 Å². The summed E-state index contributed by atoms with van der Waals surface area (Å²) in [4.78, 5) is 53.9. The maximum absolute atomic E-state index is 12.8. The minimum absolute atomic E-state index is 0.000649. The Bertz CT molecular complexity index is 1050. The van der Waals surface area contributed by atoms with Crippen LogP contribution in [-0.4, -0.2) is 70.6 Å². The van der Waals surface area contributed by atoms with Gasteiger partial charge in [-0.2, -0.15) is 0 Å². The van der Waals surface area contributed by atoms with Gasteiger partial charge in [0.25, 0.3) is 10.9 Å². The van der Waals surface area contributed by atoms with Gasteiger partial charge >= 0.3 is 5.97 Å². The third kappa shape index (κ3) is 22.5. The summed E-state index contributed by atoms with van der Waals surface area (Å²) in [5.41, 5.74) is 0.303. The van der Waals surface area contributed by atoms with E-state index in [-0.39, 0.29) is 22.9 Å². The monoisotopic (exact) mass is 718 g/mol. The highest BCUT2D eigenvalue weighted by molar-refractivity contribution is 5.75. The highest BCUT2D eigenvalue weighted by Crippen LogP contribution is 2.22. The molecular formula is C43H79N3O5. The average molecular weight is 718 g/mol. The first-order chi connectivity index (χ1) is 24.8. The van der Waals surface area contributed by atoms with E-state index in [4.69, 9.17) is 4.74 Å². The van der Waals surface area contributed by atoms with Gasteiger partial charge in [-0.05, 0) is 77.4 Å². The van der Waals surface area contributed by atoms with Gasteiger partial charge in [0.05, 0.1) is 0 Å². The normalized spacial score (nSPS) is 11.6. The number of nitrogens with zero attached hydrogens (tertiary/aromatic N) is 3. The van der Waals surface area contributed by atoms with E-state index >= 15 is 0 Å². The predicted octanol–water partition coefficient (Wildman–Crippen LogP) is 9.77. The van der Waals surface area contributed by atoms with Crippen molar-refractivity contribution in [3.63, 3.8) is 0 Å². The minimum Gasteiger partial charge on any atom is -0.462 e. The Morgan fingerprint density at radius 3 is 1.55 bits per heavy atom. The van der Waals surface area contributed by atoms with E-state index in [9.17, 15) is 19.2 Å². The Kier molecular flexibility index (Phi) is 28.7. The van der Waals surface area contributed by atoms with Crippen molar-refractivity contribution in [2.24, 2.45) is 0 Å². The van der Waals surface area contributed by atoms with E-state index in [1.807, 2.05) is 26.0 Å². The van der Waals surface area contributed by atoms with Crippen LogP contribution in [0, 0.1) is 0 Å². The Hall–Kier alpha value is -2.22. The summed E-state index contributed by atoms with van der Waals surface area (Å²) in [6, 6.07) is 0. The van der Waals surface area contributed by atoms with E-state index in [0.29, 0.717) is 24.2 Å². The molecule has 1 rings (SSSR count). The molecule has 0 saturated heterocycles. The van der Waals surface area contributed by atoms with Crippen molar-refractivity contribution >= 4 is 23.6 Å². The highest BCUT2D eigenvalue weighted by Gasteiger charge is 2.25. The van der Waals surface area contributed by atoms with Gasteiger partial charge in [-0.1, -0.05) is 117 Å². The molecule has 1 aromatic rings. The largest absolute Gasteiger partial charge is 0.462 e. The Labute approximate surface area is 313 Å². The molecule has 0 amide bonds. The molecule has 0 atom stereocenters. The number of hydrogen-bond acceptors (Lipinski definition) is 8. The Balaban J connectivity index is 2.42. The van der Waals surface area contributed by atoms with Crippen LogP contribution in [0.4, 0.5) is 11.4 Å². The van der Waals surface area contributed by atoms with Gasteiger partial charge in [-0.3, -0.25) is 14.4 Å². The van der Waals surface area contributed by atoms with Crippen LogP contribution < -0.4 is 20.7 Å². The van der Waals surface area contributed by atoms with Gasteiger partial charge in [-0.15, -0.1) is 0 Å². The third-order valence-corrected chi connectivity index (χ3v) is 10.4. The van der Waals surface area contributed by atoms with Crippen molar-refractivity contribution in [1.29, 1.82) is 0 Å². The number of esters is 1. The lowest BCUT2D eigenvalue weighted by molar-refractivity contribution is -0.150. The Morgan fingerprint density at radius 2 is 1.02 bits per heavy atom. The zero-order valence-electron chi connectivity index (χ0n) is 34.0. The number of anilines is 2. The lowest BCUT2D eigenvalue weighted by atomic mass is 10.0. The standard InChI is InChI=1S/C43H79N3O5/c1-6-8-10-12-17-23-30-38(31-24-18-13-11-9-7-2)51-39(48)32-25-19-16-21-27-35-46(34-26-20-14-15-22-28-37-47)36-29-33-45(5)41-40(44(3)4)42(49)43(41)50/h37-38H,6-36H2,1-5H3. The van der Waals surface area contributed by atoms with Crippen molar-refractivity contribution in [2.45, 2.75) is 193 Å². The summed E-state index contributed by atoms with van der Waals surface area (Å²) in [5.74, 6) is 0.000649. The molecule has 0 fully saturated rings. The maximum atomic E-state index is 12.8. The fourth-order valence-corrected chi connectivity index (χ4v) is 7.16. The first-order valence-electron chi connectivity index (χ1n) is 21.3. The molecule has 296 valence electrons. The number of ether oxygens (including phenoxy) is 1. The summed E-state index contributed by atoms with van der Waals surface area (Å²) in [6.45, 7) is 8.33. The molecule has 0 radical (unpaired) electrons. The van der Waals surface area contributed by atoms with Crippen LogP contribution >= 0.6 is 0 Å².